The smallest absolute Gasteiger partial charge is 0.273 e. The van der Waals surface area contributed by atoms with Gasteiger partial charge in [-0.3, -0.25) is 9.89 Å². The minimum Gasteiger partial charge on any atom is -0.320 e. The number of aryl methyl sites for hydroxylation is 1. The highest BCUT2D eigenvalue weighted by molar-refractivity contribution is 9.10. The van der Waals surface area contributed by atoms with E-state index in [0.29, 0.717) is 5.69 Å². The lowest BCUT2D eigenvalue weighted by molar-refractivity contribution is 0.102. The van der Waals surface area contributed by atoms with Gasteiger partial charge in [0.05, 0.1) is 0 Å². The molecule has 1 heterocycles. The molecule has 0 bridgehead atoms. The van der Waals surface area contributed by atoms with Crippen LogP contribution in [-0.2, 0) is 6.42 Å². The van der Waals surface area contributed by atoms with E-state index >= 15 is 0 Å². The molecule has 0 saturated carbocycles. The second kappa shape index (κ2) is 5.14. The SMILES string of the molecule is CCc1cc(Br)ccc1NC(=O)c1ccn[nH]1. The Morgan fingerprint density at radius 2 is 2.29 bits per heavy atom. The number of hydrogen-bond donors (Lipinski definition) is 2. The molecule has 0 fully saturated rings. The van der Waals surface area contributed by atoms with Crippen molar-refractivity contribution in [1.29, 1.82) is 0 Å². The van der Waals surface area contributed by atoms with Gasteiger partial charge in [0, 0.05) is 16.4 Å². The van der Waals surface area contributed by atoms with Crippen LogP contribution in [0, 0.1) is 0 Å². The zero-order valence-electron chi connectivity index (χ0n) is 9.33. The van der Waals surface area contributed by atoms with Crippen LogP contribution in [0.25, 0.3) is 0 Å². The molecule has 0 radical (unpaired) electrons. The number of H-pyrrole nitrogens is 1. The first-order chi connectivity index (χ1) is 8.20. The summed E-state index contributed by atoms with van der Waals surface area (Å²) in [7, 11) is 0. The molecule has 0 spiro atoms. The first-order valence-corrected chi connectivity index (χ1v) is 6.09. The molecular formula is C12H12BrN3O. The summed E-state index contributed by atoms with van der Waals surface area (Å²) in [5, 5.41) is 9.24. The van der Waals surface area contributed by atoms with Crippen LogP contribution in [0.2, 0.25) is 0 Å². The molecule has 2 N–H and O–H groups in total. The van der Waals surface area contributed by atoms with Gasteiger partial charge >= 0.3 is 0 Å². The van der Waals surface area contributed by atoms with Crippen LogP contribution in [0.4, 0.5) is 5.69 Å². The number of carbonyl (C=O) groups excluding carboxylic acids is 1. The molecule has 2 aromatic rings. The minimum atomic E-state index is -0.181. The standard InChI is InChI=1S/C12H12BrN3O/c1-2-8-7-9(13)3-4-10(8)15-12(17)11-5-6-14-16-11/h3-7H,2H2,1H3,(H,14,16)(H,15,17). The van der Waals surface area contributed by atoms with Crippen LogP contribution < -0.4 is 5.32 Å². The van der Waals surface area contributed by atoms with Crippen molar-refractivity contribution in [3.05, 3.63) is 46.2 Å². The van der Waals surface area contributed by atoms with Crippen molar-refractivity contribution >= 4 is 27.5 Å². The van der Waals surface area contributed by atoms with E-state index in [1.54, 1.807) is 12.3 Å². The Bertz CT molecular complexity index is 523. The van der Waals surface area contributed by atoms with E-state index in [-0.39, 0.29) is 5.91 Å². The number of aromatic nitrogens is 2. The number of anilines is 1. The molecule has 4 nitrogen and oxygen atoms in total. The van der Waals surface area contributed by atoms with E-state index in [1.165, 1.54) is 0 Å². The summed E-state index contributed by atoms with van der Waals surface area (Å²) in [5.41, 5.74) is 2.37. The molecule has 0 aliphatic carbocycles. The van der Waals surface area contributed by atoms with E-state index in [0.717, 1.165) is 22.1 Å². The summed E-state index contributed by atoms with van der Waals surface area (Å²) in [6, 6.07) is 7.43. The molecule has 0 atom stereocenters. The monoisotopic (exact) mass is 293 g/mol. The molecule has 0 unspecified atom stereocenters. The molecule has 1 amide bonds. The second-order valence-electron chi connectivity index (χ2n) is 3.58. The summed E-state index contributed by atoms with van der Waals surface area (Å²) in [4.78, 5) is 11.8. The highest BCUT2D eigenvalue weighted by Crippen LogP contribution is 2.21. The molecule has 0 aliphatic heterocycles. The molecule has 17 heavy (non-hydrogen) atoms. The number of hydrogen-bond acceptors (Lipinski definition) is 2. The van der Waals surface area contributed by atoms with Gasteiger partial charge in [0.1, 0.15) is 5.69 Å². The van der Waals surface area contributed by atoms with Crippen LogP contribution in [0.15, 0.2) is 34.9 Å². The van der Waals surface area contributed by atoms with Gasteiger partial charge in [0.15, 0.2) is 0 Å². The predicted molar refractivity (Wildman–Crippen MR) is 70.1 cm³/mol. The molecule has 88 valence electrons. The Hall–Kier alpha value is -1.62. The van der Waals surface area contributed by atoms with Crippen LogP contribution in [0.5, 0.6) is 0 Å². The fourth-order valence-corrected chi connectivity index (χ4v) is 1.96. The van der Waals surface area contributed by atoms with Gasteiger partial charge in [0.25, 0.3) is 5.91 Å². The summed E-state index contributed by atoms with van der Waals surface area (Å²) in [5.74, 6) is -0.181. The van der Waals surface area contributed by atoms with Gasteiger partial charge in [-0.25, -0.2) is 0 Å². The normalized spacial score (nSPS) is 10.2. The third-order valence-corrected chi connectivity index (χ3v) is 2.94. The molecule has 5 heteroatoms. The summed E-state index contributed by atoms with van der Waals surface area (Å²) in [6.07, 6.45) is 2.41. The Kier molecular flexibility index (Phi) is 3.58. The van der Waals surface area contributed by atoms with Gasteiger partial charge in [-0.15, -0.1) is 0 Å². The fraction of sp³-hybridized carbons (Fsp3) is 0.167. The van der Waals surface area contributed by atoms with Crippen LogP contribution >= 0.6 is 15.9 Å². The summed E-state index contributed by atoms with van der Waals surface area (Å²) in [6.45, 7) is 2.05. The van der Waals surface area contributed by atoms with Crippen LogP contribution in [0.3, 0.4) is 0 Å². The van der Waals surface area contributed by atoms with E-state index < -0.39 is 0 Å². The van der Waals surface area contributed by atoms with Crippen LogP contribution in [-0.4, -0.2) is 16.1 Å². The van der Waals surface area contributed by atoms with Crippen molar-refractivity contribution < 1.29 is 4.79 Å². The topological polar surface area (TPSA) is 57.8 Å². The number of nitrogens with zero attached hydrogens (tertiary/aromatic N) is 1. The van der Waals surface area contributed by atoms with Gasteiger partial charge < -0.3 is 5.32 Å². The maximum absolute atomic E-state index is 11.8. The molecule has 1 aromatic carbocycles. The van der Waals surface area contributed by atoms with Gasteiger partial charge in [-0.05, 0) is 36.2 Å². The van der Waals surface area contributed by atoms with Crippen molar-refractivity contribution in [1.82, 2.24) is 10.2 Å². The number of rotatable bonds is 3. The molecule has 1 aromatic heterocycles. The largest absolute Gasteiger partial charge is 0.320 e. The minimum absolute atomic E-state index is 0.181. The number of amides is 1. The van der Waals surface area contributed by atoms with Crippen molar-refractivity contribution in [2.45, 2.75) is 13.3 Å². The van der Waals surface area contributed by atoms with Gasteiger partial charge in [-0.1, -0.05) is 22.9 Å². The number of halogens is 1. The fourth-order valence-electron chi connectivity index (χ4n) is 1.55. The Labute approximate surface area is 108 Å². The average molecular weight is 294 g/mol. The zero-order valence-corrected chi connectivity index (χ0v) is 10.9. The van der Waals surface area contributed by atoms with E-state index in [2.05, 4.69) is 31.4 Å². The average Bonchev–Trinajstić information content (AvgIpc) is 2.85. The number of benzene rings is 1. The zero-order chi connectivity index (χ0) is 12.3. The third-order valence-electron chi connectivity index (χ3n) is 2.44. The lowest BCUT2D eigenvalue weighted by atomic mass is 10.1. The highest BCUT2D eigenvalue weighted by atomic mass is 79.9. The number of nitrogens with one attached hydrogen (secondary N) is 2. The van der Waals surface area contributed by atoms with Crippen molar-refractivity contribution in [3.8, 4) is 0 Å². The van der Waals surface area contributed by atoms with E-state index in [1.807, 2.05) is 25.1 Å². The quantitative estimate of drug-likeness (QED) is 0.914. The predicted octanol–water partition coefficient (Wildman–Crippen LogP) is 2.99. The first-order valence-electron chi connectivity index (χ1n) is 5.30. The van der Waals surface area contributed by atoms with Gasteiger partial charge in [0.2, 0.25) is 0 Å². The summed E-state index contributed by atoms with van der Waals surface area (Å²) >= 11 is 3.41. The van der Waals surface area contributed by atoms with Crippen molar-refractivity contribution in [2.75, 3.05) is 5.32 Å². The Morgan fingerprint density at radius 1 is 1.47 bits per heavy atom. The lowest BCUT2D eigenvalue weighted by Crippen LogP contribution is -2.13. The molecular weight excluding hydrogens is 282 g/mol. The molecule has 0 aliphatic rings. The maximum Gasteiger partial charge on any atom is 0.273 e. The van der Waals surface area contributed by atoms with Gasteiger partial charge in [-0.2, -0.15) is 5.10 Å². The molecule has 2 rings (SSSR count). The summed E-state index contributed by atoms with van der Waals surface area (Å²) < 4.78 is 1.01. The van der Waals surface area contributed by atoms with Crippen molar-refractivity contribution in [2.24, 2.45) is 0 Å². The highest BCUT2D eigenvalue weighted by Gasteiger charge is 2.09. The maximum atomic E-state index is 11.8. The number of carbonyl (C=O) groups is 1. The van der Waals surface area contributed by atoms with E-state index in [4.69, 9.17) is 0 Å². The van der Waals surface area contributed by atoms with Crippen molar-refractivity contribution in [3.63, 3.8) is 0 Å². The van der Waals surface area contributed by atoms with Crippen LogP contribution in [0.1, 0.15) is 23.0 Å². The third kappa shape index (κ3) is 2.74. The Morgan fingerprint density at radius 3 is 2.94 bits per heavy atom. The van der Waals surface area contributed by atoms with E-state index in [9.17, 15) is 4.79 Å². The Balaban J connectivity index is 2.21. The second-order valence-corrected chi connectivity index (χ2v) is 4.50. The molecule has 0 saturated heterocycles. The lowest BCUT2D eigenvalue weighted by Gasteiger charge is -2.09. The number of aromatic amines is 1. The first kappa shape index (κ1) is 11.9.